The van der Waals surface area contributed by atoms with Crippen molar-refractivity contribution in [3.05, 3.63) is 42.5 Å². The van der Waals surface area contributed by atoms with Crippen molar-refractivity contribution < 1.29 is 13.2 Å². The maximum Gasteiger partial charge on any atom is 0.241 e. The average molecular weight is 320 g/mol. The summed E-state index contributed by atoms with van der Waals surface area (Å²) in [5.74, 6) is -0.505. The van der Waals surface area contributed by atoms with Crippen LogP contribution in [0.25, 0.3) is 10.8 Å². The quantitative estimate of drug-likeness (QED) is 0.883. The van der Waals surface area contributed by atoms with Crippen molar-refractivity contribution in [2.75, 3.05) is 7.05 Å². The van der Waals surface area contributed by atoms with Crippen molar-refractivity contribution in [1.82, 2.24) is 10.0 Å². The van der Waals surface area contributed by atoms with Crippen LogP contribution >= 0.6 is 0 Å². The third-order valence-electron chi connectivity index (χ3n) is 3.51. The molecule has 2 rings (SSSR count). The van der Waals surface area contributed by atoms with Crippen molar-refractivity contribution in [1.29, 1.82) is 0 Å². The molecule has 2 aromatic rings. The van der Waals surface area contributed by atoms with Gasteiger partial charge in [-0.3, -0.25) is 4.79 Å². The zero-order chi connectivity index (χ0) is 16.3. The van der Waals surface area contributed by atoms with Gasteiger partial charge in [0.15, 0.2) is 0 Å². The summed E-state index contributed by atoms with van der Waals surface area (Å²) in [5.41, 5.74) is 0. The molecule has 0 aliphatic rings. The summed E-state index contributed by atoms with van der Waals surface area (Å²) in [4.78, 5) is 12.0. The van der Waals surface area contributed by atoms with Crippen LogP contribution in [0.15, 0.2) is 47.4 Å². The van der Waals surface area contributed by atoms with E-state index in [0.29, 0.717) is 0 Å². The van der Waals surface area contributed by atoms with E-state index < -0.39 is 16.1 Å². The van der Waals surface area contributed by atoms with Gasteiger partial charge in [-0.25, -0.2) is 8.42 Å². The Labute approximate surface area is 130 Å². The van der Waals surface area contributed by atoms with Crippen LogP contribution in [-0.2, 0) is 14.8 Å². The second kappa shape index (κ2) is 6.46. The summed E-state index contributed by atoms with van der Waals surface area (Å²) >= 11 is 0. The maximum atomic E-state index is 12.5. The third kappa shape index (κ3) is 3.45. The fourth-order valence-electron chi connectivity index (χ4n) is 2.22. The molecule has 0 radical (unpaired) electrons. The fraction of sp³-hybridized carbons (Fsp3) is 0.312. The molecule has 0 fully saturated rings. The molecule has 0 heterocycles. The molecule has 0 saturated carbocycles. The minimum absolute atomic E-state index is 0.153. The fourth-order valence-corrected chi connectivity index (χ4v) is 3.60. The highest BCUT2D eigenvalue weighted by Gasteiger charge is 2.27. The number of likely N-dealkylation sites (N-methyl/N-ethyl adjacent to an activating group) is 1. The Balaban J connectivity index is 2.37. The number of benzene rings is 2. The first-order valence-electron chi connectivity index (χ1n) is 7.08. The van der Waals surface area contributed by atoms with Gasteiger partial charge in [0, 0.05) is 7.05 Å². The molecule has 5 nitrogen and oxygen atoms in total. The maximum absolute atomic E-state index is 12.5. The van der Waals surface area contributed by atoms with Crippen LogP contribution in [-0.4, -0.2) is 27.4 Å². The van der Waals surface area contributed by atoms with Gasteiger partial charge in [0.2, 0.25) is 15.9 Å². The molecular weight excluding hydrogens is 300 g/mol. The molecule has 0 aromatic heterocycles. The normalized spacial score (nSPS) is 13.3. The molecule has 118 valence electrons. The van der Waals surface area contributed by atoms with Gasteiger partial charge in [-0.05, 0) is 28.8 Å². The number of hydrogen-bond donors (Lipinski definition) is 2. The van der Waals surface area contributed by atoms with Crippen molar-refractivity contribution in [2.24, 2.45) is 5.92 Å². The van der Waals surface area contributed by atoms with Gasteiger partial charge < -0.3 is 5.32 Å². The van der Waals surface area contributed by atoms with Crippen LogP contribution in [0.5, 0.6) is 0 Å². The molecule has 1 amide bonds. The summed E-state index contributed by atoms with van der Waals surface area (Å²) in [5, 5.41) is 4.29. The van der Waals surface area contributed by atoms with Gasteiger partial charge in [0.25, 0.3) is 0 Å². The molecule has 1 unspecified atom stereocenters. The van der Waals surface area contributed by atoms with E-state index in [1.807, 2.05) is 24.3 Å². The van der Waals surface area contributed by atoms with Crippen molar-refractivity contribution in [3.8, 4) is 0 Å². The Kier molecular flexibility index (Phi) is 4.83. The number of sulfonamides is 1. The Morgan fingerprint density at radius 1 is 1.05 bits per heavy atom. The number of carbonyl (C=O) groups excluding carboxylic acids is 1. The lowest BCUT2D eigenvalue weighted by Gasteiger charge is -2.20. The van der Waals surface area contributed by atoms with Gasteiger partial charge in [0.1, 0.15) is 6.04 Å². The molecule has 2 aromatic carbocycles. The van der Waals surface area contributed by atoms with Crippen LogP contribution in [0.4, 0.5) is 0 Å². The second-order valence-electron chi connectivity index (χ2n) is 5.47. The highest BCUT2D eigenvalue weighted by Crippen LogP contribution is 2.19. The Morgan fingerprint density at radius 3 is 2.27 bits per heavy atom. The predicted molar refractivity (Wildman–Crippen MR) is 87.0 cm³/mol. The third-order valence-corrected chi connectivity index (χ3v) is 4.95. The first-order valence-corrected chi connectivity index (χ1v) is 8.56. The molecule has 22 heavy (non-hydrogen) atoms. The standard InChI is InChI=1S/C16H20N2O3S/c1-11(2)15(16(19)17-3)18-22(20,21)14-9-8-12-6-4-5-7-13(12)10-14/h4-11,15,18H,1-3H3,(H,17,19). The molecule has 0 aliphatic heterocycles. The Morgan fingerprint density at radius 2 is 1.68 bits per heavy atom. The molecule has 0 saturated heterocycles. The molecule has 0 spiro atoms. The number of hydrogen-bond acceptors (Lipinski definition) is 3. The van der Waals surface area contributed by atoms with Gasteiger partial charge in [-0.1, -0.05) is 44.2 Å². The largest absolute Gasteiger partial charge is 0.358 e. The topological polar surface area (TPSA) is 75.3 Å². The molecule has 0 aliphatic carbocycles. The average Bonchev–Trinajstić information content (AvgIpc) is 2.51. The van der Waals surface area contributed by atoms with E-state index in [1.165, 1.54) is 7.05 Å². The van der Waals surface area contributed by atoms with Crippen LogP contribution in [0.1, 0.15) is 13.8 Å². The number of fused-ring (bicyclic) bond motifs is 1. The van der Waals surface area contributed by atoms with Gasteiger partial charge >= 0.3 is 0 Å². The van der Waals surface area contributed by atoms with E-state index in [0.717, 1.165) is 10.8 Å². The zero-order valence-electron chi connectivity index (χ0n) is 12.8. The van der Waals surface area contributed by atoms with Crippen LogP contribution in [0.3, 0.4) is 0 Å². The van der Waals surface area contributed by atoms with Crippen LogP contribution in [0.2, 0.25) is 0 Å². The van der Waals surface area contributed by atoms with Crippen molar-refractivity contribution in [2.45, 2.75) is 24.8 Å². The predicted octanol–water partition coefficient (Wildman–Crippen LogP) is 1.89. The summed E-state index contributed by atoms with van der Waals surface area (Å²) in [6.07, 6.45) is 0. The second-order valence-corrected chi connectivity index (χ2v) is 7.18. The SMILES string of the molecule is CNC(=O)C(NS(=O)(=O)c1ccc2ccccc2c1)C(C)C. The van der Waals surface area contributed by atoms with E-state index in [2.05, 4.69) is 10.0 Å². The van der Waals surface area contributed by atoms with E-state index >= 15 is 0 Å². The summed E-state index contributed by atoms with van der Waals surface area (Å²) < 4.78 is 27.5. The van der Waals surface area contributed by atoms with Gasteiger partial charge in [-0.2, -0.15) is 4.72 Å². The Hall–Kier alpha value is -1.92. The number of carbonyl (C=O) groups is 1. The molecule has 2 N–H and O–H groups in total. The minimum atomic E-state index is -3.76. The number of amides is 1. The van der Waals surface area contributed by atoms with Gasteiger partial charge in [0.05, 0.1) is 4.90 Å². The minimum Gasteiger partial charge on any atom is -0.358 e. The lowest BCUT2D eigenvalue weighted by atomic mass is 10.1. The molecular formula is C16H20N2O3S. The molecule has 0 bridgehead atoms. The monoisotopic (exact) mass is 320 g/mol. The van der Waals surface area contributed by atoms with Crippen LogP contribution < -0.4 is 10.0 Å². The van der Waals surface area contributed by atoms with E-state index in [-0.39, 0.29) is 16.7 Å². The summed E-state index contributed by atoms with van der Waals surface area (Å²) in [6, 6.07) is 11.6. The smallest absolute Gasteiger partial charge is 0.241 e. The number of nitrogens with one attached hydrogen (secondary N) is 2. The van der Waals surface area contributed by atoms with Crippen molar-refractivity contribution in [3.63, 3.8) is 0 Å². The summed E-state index contributed by atoms with van der Waals surface area (Å²) in [6.45, 7) is 3.59. The lowest BCUT2D eigenvalue weighted by molar-refractivity contribution is -0.123. The lowest BCUT2D eigenvalue weighted by Crippen LogP contribution is -2.48. The Bertz CT molecular complexity index is 785. The molecule has 6 heteroatoms. The zero-order valence-corrected chi connectivity index (χ0v) is 13.6. The van der Waals surface area contributed by atoms with Gasteiger partial charge in [-0.15, -0.1) is 0 Å². The van der Waals surface area contributed by atoms with E-state index in [1.54, 1.807) is 32.0 Å². The van der Waals surface area contributed by atoms with Crippen molar-refractivity contribution >= 4 is 26.7 Å². The first-order chi connectivity index (χ1) is 10.3. The number of rotatable bonds is 5. The van der Waals surface area contributed by atoms with E-state index in [9.17, 15) is 13.2 Å². The van der Waals surface area contributed by atoms with Crippen LogP contribution in [0, 0.1) is 5.92 Å². The summed E-state index contributed by atoms with van der Waals surface area (Å²) in [7, 11) is -2.27. The molecule has 1 atom stereocenters. The highest BCUT2D eigenvalue weighted by molar-refractivity contribution is 7.89. The highest BCUT2D eigenvalue weighted by atomic mass is 32.2. The first kappa shape index (κ1) is 16.5. The van der Waals surface area contributed by atoms with E-state index in [4.69, 9.17) is 0 Å².